The Morgan fingerprint density at radius 2 is 1.90 bits per heavy atom. The van der Waals surface area contributed by atoms with Gasteiger partial charge < -0.3 is 19.9 Å². The van der Waals surface area contributed by atoms with E-state index in [4.69, 9.17) is 4.74 Å². The molecule has 0 aliphatic heterocycles. The summed E-state index contributed by atoms with van der Waals surface area (Å²) in [6.45, 7) is 0. The summed E-state index contributed by atoms with van der Waals surface area (Å²) in [5, 5.41) is 5.68. The first-order valence-corrected chi connectivity index (χ1v) is 10.7. The molecule has 0 unspecified atom stereocenters. The monoisotopic (exact) mass is 413 g/mol. The number of rotatable bonds is 4. The van der Waals surface area contributed by atoms with Gasteiger partial charge in [-0.05, 0) is 58.0 Å². The lowest BCUT2D eigenvalue weighted by molar-refractivity contribution is 0.172. The molecule has 29 heavy (non-hydrogen) atoms. The van der Waals surface area contributed by atoms with Gasteiger partial charge in [0.15, 0.2) is 0 Å². The van der Waals surface area contributed by atoms with Crippen LogP contribution < -0.4 is 10.1 Å². The Labute approximate surface area is 174 Å². The number of nitrogens with zero attached hydrogens (tertiary/aromatic N) is 4. The molecule has 1 N–H and O–H groups in total. The van der Waals surface area contributed by atoms with E-state index in [0.717, 1.165) is 39.0 Å². The topological polar surface area (TPSA) is 70.6 Å². The van der Waals surface area contributed by atoms with Gasteiger partial charge in [0, 0.05) is 36.3 Å². The Morgan fingerprint density at radius 1 is 1.14 bits per heavy atom. The molecule has 1 amide bonds. The van der Waals surface area contributed by atoms with Gasteiger partial charge in [-0.1, -0.05) is 0 Å². The fourth-order valence-corrected chi connectivity index (χ4v) is 4.91. The largest absolute Gasteiger partial charge is 0.414 e. The SMILES string of the molecule is CN(C)C(=O)Oc1ccc2sc3ncnc(NC4CCC(N(C)C)CC4)c3c2c1. The molecule has 8 heteroatoms. The van der Waals surface area contributed by atoms with Crippen molar-refractivity contribution < 1.29 is 9.53 Å². The molecule has 154 valence electrons. The smallest absolute Gasteiger partial charge is 0.410 e. The molecule has 2 aromatic heterocycles. The van der Waals surface area contributed by atoms with Crippen LogP contribution in [-0.2, 0) is 0 Å². The molecule has 1 aliphatic rings. The number of nitrogens with one attached hydrogen (secondary N) is 1. The van der Waals surface area contributed by atoms with Crippen LogP contribution in [0.25, 0.3) is 20.3 Å². The molecule has 4 rings (SSSR count). The minimum absolute atomic E-state index is 0.392. The van der Waals surface area contributed by atoms with Crippen LogP contribution in [0.15, 0.2) is 24.5 Å². The standard InChI is InChI=1S/C21H27N5O2S/c1-25(2)14-7-5-13(6-8-14)24-19-18-16-11-15(28-21(27)26(3)4)9-10-17(16)29-20(18)23-12-22-19/h9-14H,5-8H2,1-4H3,(H,22,23,24). The number of amides is 1. The third-order valence-corrected chi connectivity index (χ3v) is 6.66. The maximum atomic E-state index is 11.9. The summed E-state index contributed by atoms with van der Waals surface area (Å²) in [7, 11) is 7.65. The average Bonchev–Trinajstić information content (AvgIpc) is 3.07. The summed E-state index contributed by atoms with van der Waals surface area (Å²) in [5.74, 6) is 1.39. The van der Waals surface area contributed by atoms with Crippen LogP contribution in [0, 0.1) is 0 Å². The predicted octanol–water partition coefficient (Wildman–Crippen LogP) is 4.19. The van der Waals surface area contributed by atoms with Crippen molar-refractivity contribution >= 4 is 43.6 Å². The highest BCUT2D eigenvalue weighted by molar-refractivity contribution is 7.25. The Morgan fingerprint density at radius 3 is 2.59 bits per heavy atom. The lowest BCUT2D eigenvalue weighted by Gasteiger charge is -2.33. The molecule has 3 aromatic rings. The molecule has 0 spiro atoms. The van der Waals surface area contributed by atoms with Crippen molar-refractivity contribution in [2.24, 2.45) is 0 Å². The van der Waals surface area contributed by atoms with E-state index in [1.807, 2.05) is 18.2 Å². The van der Waals surface area contributed by atoms with Gasteiger partial charge in [-0.3, -0.25) is 0 Å². The number of fused-ring (bicyclic) bond motifs is 3. The fourth-order valence-electron chi connectivity index (χ4n) is 3.88. The van der Waals surface area contributed by atoms with Crippen molar-refractivity contribution in [1.82, 2.24) is 19.8 Å². The van der Waals surface area contributed by atoms with Crippen molar-refractivity contribution in [3.05, 3.63) is 24.5 Å². The zero-order chi connectivity index (χ0) is 20.5. The number of ether oxygens (including phenoxy) is 1. The van der Waals surface area contributed by atoms with Crippen molar-refractivity contribution in [3.63, 3.8) is 0 Å². The number of thiophene rings is 1. The minimum Gasteiger partial charge on any atom is -0.410 e. The molecule has 0 atom stereocenters. The second-order valence-electron chi connectivity index (χ2n) is 8.04. The van der Waals surface area contributed by atoms with E-state index in [2.05, 4.69) is 34.3 Å². The number of hydrogen-bond donors (Lipinski definition) is 1. The number of aromatic nitrogens is 2. The first kappa shape index (κ1) is 19.8. The average molecular weight is 414 g/mol. The second-order valence-corrected chi connectivity index (χ2v) is 9.07. The molecule has 1 saturated carbocycles. The van der Waals surface area contributed by atoms with Crippen molar-refractivity contribution in [2.45, 2.75) is 37.8 Å². The number of carbonyl (C=O) groups excluding carboxylic acids is 1. The van der Waals surface area contributed by atoms with Gasteiger partial charge in [0.05, 0.1) is 5.39 Å². The highest BCUT2D eigenvalue weighted by Gasteiger charge is 2.24. The highest BCUT2D eigenvalue weighted by atomic mass is 32.1. The maximum Gasteiger partial charge on any atom is 0.414 e. The molecule has 7 nitrogen and oxygen atoms in total. The minimum atomic E-state index is -0.392. The molecular formula is C21H27N5O2S. The lowest BCUT2D eigenvalue weighted by Crippen LogP contribution is -2.36. The fraction of sp³-hybridized carbons (Fsp3) is 0.476. The van der Waals surface area contributed by atoms with E-state index in [1.54, 1.807) is 31.8 Å². The Bertz CT molecular complexity index is 1020. The van der Waals surface area contributed by atoms with Gasteiger partial charge in [-0.15, -0.1) is 11.3 Å². The van der Waals surface area contributed by atoms with E-state index in [-0.39, 0.29) is 0 Å². The van der Waals surface area contributed by atoms with Gasteiger partial charge in [-0.2, -0.15) is 0 Å². The van der Waals surface area contributed by atoms with Crippen LogP contribution in [0.3, 0.4) is 0 Å². The molecule has 0 saturated heterocycles. The maximum absolute atomic E-state index is 11.9. The van der Waals surface area contributed by atoms with Crippen molar-refractivity contribution in [1.29, 1.82) is 0 Å². The van der Waals surface area contributed by atoms with E-state index in [1.165, 1.54) is 17.7 Å². The van der Waals surface area contributed by atoms with Crippen LogP contribution in [-0.4, -0.2) is 66.1 Å². The van der Waals surface area contributed by atoms with Crippen molar-refractivity contribution in [2.75, 3.05) is 33.5 Å². The lowest BCUT2D eigenvalue weighted by atomic mass is 9.90. The van der Waals surface area contributed by atoms with E-state index in [9.17, 15) is 4.79 Å². The summed E-state index contributed by atoms with van der Waals surface area (Å²) in [6, 6.07) is 6.78. The molecule has 1 fully saturated rings. The first-order chi connectivity index (χ1) is 13.9. The number of benzene rings is 1. The van der Waals surface area contributed by atoms with Crippen LogP contribution in [0.2, 0.25) is 0 Å². The first-order valence-electron chi connectivity index (χ1n) is 9.91. The molecule has 1 aliphatic carbocycles. The number of hydrogen-bond acceptors (Lipinski definition) is 7. The summed E-state index contributed by atoms with van der Waals surface area (Å²) in [5.41, 5.74) is 0. The van der Waals surface area contributed by atoms with E-state index >= 15 is 0 Å². The van der Waals surface area contributed by atoms with Gasteiger partial charge in [0.25, 0.3) is 0 Å². The highest BCUT2D eigenvalue weighted by Crippen LogP contribution is 2.38. The van der Waals surface area contributed by atoms with Crippen LogP contribution in [0.5, 0.6) is 5.75 Å². The number of anilines is 1. The van der Waals surface area contributed by atoms with Crippen LogP contribution in [0.1, 0.15) is 25.7 Å². The Hall–Kier alpha value is -2.45. The van der Waals surface area contributed by atoms with E-state index in [0.29, 0.717) is 17.8 Å². The summed E-state index contributed by atoms with van der Waals surface area (Å²) < 4.78 is 6.55. The van der Waals surface area contributed by atoms with E-state index < -0.39 is 6.09 Å². The molecule has 0 bridgehead atoms. The quantitative estimate of drug-likeness (QED) is 0.692. The van der Waals surface area contributed by atoms with Crippen LogP contribution >= 0.6 is 11.3 Å². The normalized spacial score (nSPS) is 19.6. The summed E-state index contributed by atoms with van der Waals surface area (Å²) in [6.07, 6.45) is 5.86. The molecular weight excluding hydrogens is 386 g/mol. The van der Waals surface area contributed by atoms with Gasteiger partial charge in [0.1, 0.15) is 22.7 Å². The molecule has 0 radical (unpaired) electrons. The van der Waals surface area contributed by atoms with Crippen molar-refractivity contribution in [3.8, 4) is 5.75 Å². The van der Waals surface area contributed by atoms with Gasteiger partial charge in [0.2, 0.25) is 0 Å². The Kier molecular flexibility index (Phi) is 5.56. The summed E-state index contributed by atoms with van der Waals surface area (Å²) in [4.78, 5) is 25.6. The number of carbonyl (C=O) groups is 1. The molecule has 2 heterocycles. The predicted molar refractivity (Wildman–Crippen MR) is 118 cm³/mol. The second kappa shape index (κ2) is 8.12. The van der Waals surface area contributed by atoms with Gasteiger partial charge in [-0.25, -0.2) is 14.8 Å². The third-order valence-electron chi connectivity index (χ3n) is 5.58. The third kappa shape index (κ3) is 4.13. The zero-order valence-electron chi connectivity index (χ0n) is 17.3. The van der Waals surface area contributed by atoms with Crippen LogP contribution in [0.4, 0.5) is 10.6 Å². The zero-order valence-corrected chi connectivity index (χ0v) is 18.1. The molecule has 1 aromatic carbocycles. The summed E-state index contributed by atoms with van der Waals surface area (Å²) >= 11 is 1.63. The van der Waals surface area contributed by atoms with Gasteiger partial charge >= 0.3 is 6.09 Å². The Balaban J connectivity index is 1.63.